The molecule has 0 saturated heterocycles. The van der Waals surface area contributed by atoms with Gasteiger partial charge >= 0.3 is 0 Å². The monoisotopic (exact) mass is 241 g/mol. The highest BCUT2D eigenvalue weighted by atomic mass is 15.3. The molecule has 3 rings (SSSR count). The fourth-order valence-corrected chi connectivity index (χ4v) is 2.18. The zero-order chi connectivity index (χ0) is 12.5. The maximum atomic E-state index is 4.31. The molecule has 18 heavy (non-hydrogen) atoms. The summed E-state index contributed by atoms with van der Waals surface area (Å²) in [6.45, 7) is 3.08. The standard InChI is InChI=1S/C15H19N3/c1-11-15(10-17-18(11)2)13-5-3-4-12(8-13)9-16-14-6-7-14/h3-5,8,10,14,16H,6-7,9H2,1-2H3. The third-order valence-electron chi connectivity index (χ3n) is 3.65. The van der Waals surface area contributed by atoms with Gasteiger partial charge in [-0.3, -0.25) is 4.68 Å². The molecule has 1 aromatic heterocycles. The summed E-state index contributed by atoms with van der Waals surface area (Å²) in [7, 11) is 1.98. The summed E-state index contributed by atoms with van der Waals surface area (Å²) >= 11 is 0. The highest BCUT2D eigenvalue weighted by molar-refractivity contribution is 5.65. The lowest BCUT2D eigenvalue weighted by molar-refractivity contribution is 0.688. The first kappa shape index (κ1) is 11.5. The quantitative estimate of drug-likeness (QED) is 0.892. The van der Waals surface area contributed by atoms with E-state index in [1.165, 1.54) is 35.2 Å². The number of hydrogen-bond donors (Lipinski definition) is 1. The van der Waals surface area contributed by atoms with Crippen molar-refractivity contribution in [1.29, 1.82) is 0 Å². The van der Waals surface area contributed by atoms with E-state index in [2.05, 4.69) is 41.6 Å². The molecule has 0 unspecified atom stereocenters. The lowest BCUT2D eigenvalue weighted by Crippen LogP contribution is -2.15. The molecule has 0 atom stereocenters. The molecule has 94 valence electrons. The van der Waals surface area contributed by atoms with Gasteiger partial charge in [-0.1, -0.05) is 18.2 Å². The third kappa shape index (κ3) is 2.31. The van der Waals surface area contributed by atoms with Crippen LogP contribution < -0.4 is 5.32 Å². The van der Waals surface area contributed by atoms with Gasteiger partial charge in [0.25, 0.3) is 0 Å². The second-order valence-electron chi connectivity index (χ2n) is 5.12. The van der Waals surface area contributed by atoms with E-state index >= 15 is 0 Å². The van der Waals surface area contributed by atoms with E-state index in [4.69, 9.17) is 0 Å². The number of rotatable bonds is 4. The van der Waals surface area contributed by atoms with E-state index in [9.17, 15) is 0 Å². The number of benzene rings is 1. The van der Waals surface area contributed by atoms with Crippen LogP contribution in [0.3, 0.4) is 0 Å². The van der Waals surface area contributed by atoms with E-state index in [1.54, 1.807) is 0 Å². The summed E-state index contributed by atoms with van der Waals surface area (Å²) in [4.78, 5) is 0. The molecule has 0 spiro atoms. The number of nitrogens with one attached hydrogen (secondary N) is 1. The summed E-state index contributed by atoms with van der Waals surface area (Å²) in [5.41, 5.74) is 5.05. The van der Waals surface area contributed by atoms with Crippen molar-refractivity contribution >= 4 is 0 Å². The lowest BCUT2D eigenvalue weighted by Gasteiger charge is -2.06. The van der Waals surface area contributed by atoms with E-state index < -0.39 is 0 Å². The van der Waals surface area contributed by atoms with Crippen LogP contribution in [0.15, 0.2) is 30.5 Å². The molecule has 0 bridgehead atoms. The van der Waals surface area contributed by atoms with Crippen LogP contribution in [0.4, 0.5) is 0 Å². The SMILES string of the molecule is Cc1c(-c2cccc(CNC3CC3)c2)cnn1C. The maximum Gasteiger partial charge on any atom is 0.0571 e. The summed E-state index contributed by atoms with van der Waals surface area (Å²) < 4.78 is 1.92. The van der Waals surface area contributed by atoms with Gasteiger partial charge in [0.05, 0.1) is 6.20 Å². The second-order valence-corrected chi connectivity index (χ2v) is 5.12. The van der Waals surface area contributed by atoms with Gasteiger partial charge in [-0.25, -0.2) is 0 Å². The number of hydrogen-bond acceptors (Lipinski definition) is 2. The molecule has 1 aromatic carbocycles. The van der Waals surface area contributed by atoms with Crippen molar-refractivity contribution in [1.82, 2.24) is 15.1 Å². The van der Waals surface area contributed by atoms with E-state index in [1.807, 2.05) is 17.9 Å². The van der Waals surface area contributed by atoms with Gasteiger partial charge in [0.1, 0.15) is 0 Å². The van der Waals surface area contributed by atoms with E-state index in [-0.39, 0.29) is 0 Å². The van der Waals surface area contributed by atoms with Gasteiger partial charge in [0, 0.05) is 30.9 Å². The normalized spacial score (nSPS) is 15.0. The molecular weight excluding hydrogens is 222 g/mol. The first-order chi connectivity index (χ1) is 8.74. The average molecular weight is 241 g/mol. The maximum absolute atomic E-state index is 4.31. The van der Waals surface area contributed by atoms with Gasteiger partial charge in [-0.2, -0.15) is 5.10 Å². The summed E-state index contributed by atoms with van der Waals surface area (Å²) in [6, 6.07) is 9.49. The molecule has 3 heteroatoms. The fourth-order valence-electron chi connectivity index (χ4n) is 2.18. The Labute approximate surface area is 108 Å². The molecular formula is C15H19N3. The van der Waals surface area contributed by atoms with Crippen LogP contribution in [0.2, 0.25) is 0 Å². The third-order valence-corrected chi connectivity index (χ3v) is 3.65. The highest BCUT2D eigenvalue weighted by Crippen LogP contribution is 2.24. The first-order valence-corrected chi connectivity index (χ1v) is 6.55. The molecule has 0 radical (unpaired) electrons. The number of aromatic nitrogens is 2. The summed E-state index contributed by atoms with van der Waals surface area (Å²) in [5, 5.41) is 7.86. The van der Waals surface area contributed by atoms with Crippen molar-refractivity contribution in [3.8, 4) is 11.1 Å². The van der Waals surface area contributed by atoms with Gasteiger partial charge in [-0.05, 0) is 37.0 Å². The molecule has 1 N–H and O–H groups in total. The van der Waals surface area contributed by atoms with Crippen molar-refractivity contribution in [2.24, 2.45) is 7.05 Å². The fraction of sp³-hybridized carbons (Fsp3) is 0.400. The van der Waals surface area contributed by atoms with Crippen LogP contribution in [0.25, 0.3) is 11.1 Å². The topological polar surface area (TPSA) is 29.9 Å². The van der Waals surface area contributed by atoms with Crippen molar-refractivity contribution in [3.05, 3.63) is 41.7 Å². The number of nitrogens with zero attached hydrogens (tertiary/aromatic N) is 2. The van der Waals surface area contributed by atoms with Crippen molar-refractivity contribution in [2.75, 3.05) is 0 Å². The van der Waals surface area contributed by atoms with Crippen LogP contribution >= 0.6 is 0 Å². The molecule has 1 aliphatic carbocycles. The van der Waals surface area contributed by atoms with Crippen LogP contribution in [0, 0.1) is 6.92 Å². The predicted molar refractivity (Wildman–Crippen MR) is 73.2 cm³/mol. The number of aryl methyl sites for hydroxylation is 1. The van der Waals surface area contributed by atoms with Crippen LogP contribution in [0.5, 0.6) is 0 Å². The Morgan fingerprint density at radius 3 is 2.89 bits per heavy atom. The van der Waals surface area contributed by atoms with Crippen LogP contribution in [-0.4, -0.2) is 15.8 Å². The Kier molecular flexibility index (Phi) is 2.92. The lowest BCUT2D eigenvalue weighted by atomic mass is 10.0. The largest absolute Gasteiger partial charge is 0.310 e. The Morgan fingerprint density at radius 1 is 1.39 bits per heavy atom. The Morgan fingerprint density at radius 2 is 2.22 bits per heavy atom. The van der Waals surface area contributed by atoms with Crippen molar-refractivity contribution in [2.45, 2.75) is 32.4 Å². The highest BCUT2D eigenvalue weighted by Gasteiger charge is 2.19. The molecule has 1 saturated carbocycles. The second kappa shape index (κ2) is 4.58. The van der Waals surface area contributed by atoms with Gasteiger partial charge in [-0.15, -0.1) is 0 Å². The first-order valence-electron chi connectivity index (χ1n) is 6.55. The predicted octanol–water partition coefficient (Wildman–Crippen LogP) is 2.65. The van der Waals surface area contributed by atoms with Gasteiger partial charge in [0.2, 0.25) is 0 Å². The molecule has 3 nitrogen and oxygen atoms in total. The van der Waals surface area contributed by atoms with E-state index in [0.29, 0.717) is 0 Å². The minimum absolute atomic E-state index is 0.758. The molecule has 0 aliphatic heterocycles. The summed E-state index contributed by atoms with van der Waals surface area (Å²) in [6.07, 6.45) is 4.62. The Balaban J connectivity index is 1.83. The van der Waals surface area contributed by atoms with Gasteiger partial charge in [0.15, 0.2) is 0 Å². The van der Waals surface area contributed by atoms with Gasteiger partial charge < -0.3 is 5.32 Å². The van der Waals surface area contributed by atoms with Crippen molar-refractivity contribution < 1.29 is 0 Å². The molecule has 1 heterocycles. The van der Waals surface area contributed by atoms with Crippen molar-refractivity contribution in [3.63, 3.8) is 0 Å². The zero-order valence-electron chi connectivity index (χ0n) is 11.0. The van der Waals surface area contributed by atoms with Crippen LogP contribution in [-0.2, 0) is 13.6 Å². The zero-order valence-corrected chi connectivity index (χ0v) is 11.0. The average Bonchev–Trinajstić information content (AvgIpc) is 3.15. The Bertz CT molecular complexity index is 553. The van der Waals surface area contributed by atoms with E-state index in [0.717, 1.165) is 12.6 Å². The Hall–Kier alpha value is -1.61. The molecule has 2 aromatic rings. The minimum atomic E-state index is 0.758. The molecule has 1 aliphatic rings. The smallest absolute Gasteiger partial charge is 0.0571 e. The molecule has 1 fully saturated rings. The summed E-state index contributed by atoms with van der Waals surface area (Å²) in [5.74, 6) is 0. The van der Waals surface area contributed by atoms with Crippen LogP contribution in [0.1, 0.15) is 24.1 Å². The molecule has 0 amide bonds. The minimum Gasteiger partial charge on any atom is -0.310 e.